The van der Waals surface area contributed by atoms with Crippen molar-refractivity contribution in [2.75, 3.05) is 0 Å². The number of aryl methyl sites for hydroxylation is 1. The first kappa shape index (κ1) is 49.6. The number of benzene rings is 6. The van der Waals surface area contributed by atoms with Crippen LogP contribution in [0.25, 0.3) is 32.4 Å². The van der Waals surface area contributed by atoms with Crippen molar-refractivity contribution in [3.8, 4) is 22.9 Å². The quantitative estimate of drug-likeness (QED) is 0.0700. The van der Waals surface area contributed by atoms with Crippen molar-refractivity contribution in [2.45, 2.75) is 16.7 Å². The summed E-state index contributed by atoms with van der Waals surface area (Å²) in [5.74, 6) is -1.96. The maximum atomic E-state index is 12.5. The molecule has 2 N–H and O–H groups in total. The Morgan fingerprint density at radius 1 is 0.683 bits per heavy atom. The second kappa shape index (κ2) is 20.2. The number of hydrogen-bond donors (Lipinski definition) is 1. The fourth-order valence-electron chi connectivity index (χ4n) is 5.46. The van der Waals surface area contributed by atoms with E-state index in [4.69, 9.17) is 5.14 Å². The third kappa shape index (κ3) is 10.9. The third-order valence-electron chi connectivity index (χ3n) is 8.17. The van der Waals surface area contributed by atoms with Crippen molar-refractivity contribution in [3.63, 3.8) is 0 Å². The van der Waals surface area contributed by atoms with E-state index in [1.807, 2.05) is 6.07 Å². The van der Waals surface area contributed by atoms with Crippen molar-refractivity contribution < 1.29 is 118 Å². The molecule has 0 amide bonds. The Morgan fingerprint density at radius 2 is 1.28 bits per heavy atom. The Hall–Kier alpha value is -4.80. The number of nitrogens with one attached hydrogen (secondary N) is 2. The van der Waals surface area contributed by atoms with Crippen LogP contribution in [-0.2, 0) is 37.5 Å². The molecule has 1 heterocycles. The van der Waals surface area contributed by atoms with Crippen LogP contribution in [0.15, 0.2) is 144 Å². The van der Waals surface area contributed by atoms with Gasteiger partial charge in [-0.3, -0.25) is 20.0 Å². The predicted octanol–water partition coefficient (Wildman–Crippen LogP) is 0.0773. The van der Waals surface area contributed by atoms with Gasteiger partial charge < -0.3 is 25.0 Å². The number of nitro groups is 1. The minimum atomic E-state index is -5.11. The van der Waals surface area contributed by atoms with Crippen LogP contribution in [0, 0.1) is 17.0 Å². The van der Waals surface area contributed by atoms with Gasteiger partial charge in [-0.15, -0.1) is 5.11 Å². The molecule has 1 radical (unpaired) electrons. The maximum absolute atomic E-state index is 12.5. The standard InChI is InChI=1S/C20H13N3O7S.C16H15N5O4S.Cr.2Na/c24-16-8-5-11-3-1-2-4-13(11)19(16)21-22-20-14-7-6-12(23(26)27)9-15(14)18(10-17(20)25)31(28,29)30;1-10-15(16(23)21(20-10)11-5-3-2-4-6-11)19-18-13-9-12(26(17,24)25)7-8-14(13)22;;;/h1-10,24-25H,(H,28,29,30);2-9H,1H3,(H4,17,18,19,20,22,23,24,25);;;/q;;+3;2*+1/p-5. The fourth-order valence-corrected chi connectivity index (χ4v) is 6.67. The van der Waals surface area contributed by atoms with E-state index in [0.29, 0.717) is 28.2 Å². The molecule has 24 heteroatoms. The van der Waals surface area contributed by atoms with Gasteiger partial charge in [0.15, 0.2) is 5.69 Å². The van der Waals surface area contributed by atoms with Gasteiger partial charge in [-0.25, -0.2) is 21.5 Å². The molecule has 6 aromatic carbocycles. The Balaban J connectivity index is 0.000000309. The number of non-ortho nitro benzene ring substituents is 1. The van der Waals surface area contributed by atoms with Crippen LogP contribution in [-0.4, -0.2) is 36.1 Å². The summed E-state index contributed by atoms with van der Waals surface area (Å²) in [6.07, 6.45) is 0. The zero-order valence-electron chi connectivity index (χ0n) is 31.3. The minimum Gasteiger partial charge on any atom is -0.871 e. The van der Waals surface area contributed by atoms with E-state index < -0.39 is 58.5 Å². The molecule has 60 heavy (non-hydrogen) atoms. The number of aromatic amines is 1. The molecule has 0 saturated carbocycles. The van der Waals surface area contributed by atoms with E-state index in [9.17, 15) is 51.6 Å². The minimum absolute atomic E-state index is 0. The Bertz CT molecular complexity index is 3100. The second-order valence-electron chi connectivity index (χ2n) is 11.9. The molecule has 0 atom stereocenters. The van der Waals surface area contributed by atoms with Crippen LogP contribution >= 0.6 is 0 Å². The van der Waals surface area contributed by atoms with Gasteiger partial charge in [-0.1, -0.05) is 77.9 Å². The summed E-state index contributed by atoms with van der Waals surface area (Å²) in [6, 6.07) is 25.1. The van der Waals surface area contributed by atoms with Crippen molar-refractivity contribution in [1.29, 1.82) is 0 Å². The Morgan fingerprint density at radius 3 is 1.92 bits per heavy atom. The van der Waals surface area contributed by atoms with E-state index >= 15 is 0 Å². The number of fused-ring (bicyclic) bond motifs is 2. The largest absolute Gasteiger partial charge is 3.00 e. The van der Waals surface area contributed by atoms with Crippen molar-refractivity contribution in [1.82, 2.24) is 9.78 Å². The first-order chi connectivity index (χ1) is 26.9. The molecule has 293 valence electrons. The monoisotopic (exact) mass is 905 g/mol. The summed E-state index contributed by atoms with van der Waals surface area (Å²) in [7, 11) is -9.34. The number of hydrogen-bond acceptors (Lipinski definition) is 15. The van der Waals surface area contributed by atoms with Gasteiger partial charge in [-0.05, 0) is 48.7 Å². The molecular formula is C36H23CrN8Na2O11S2. The summed E-state index contributed by atoms with van der Waals surface area (Å²) in [5, 5.41) is 73.6. The van der Waals surface area contributed by atoms with E-state index in [-0.39, 0.29) is 115 Å². The zero-order chi connectivity index (χ0) is 41.2. The molecule has 7 rings (SSSR count). The smallest absolute Gasteiger partial charge is 0.871 e. The number of H-pyrrole nitrogens is 1. The fraction of sp³-hybridized carbons (Fsp3) is 0.0278. The van der Waals surface area contributed by atoms with Gasteiger partial charge in [0.2, 0.25) is 0 Å². The molecule has 7 aromatic rings. The van der Waals surface area contributed by atoms with Gasteiger partial charge in [-0.2, -0.15) is 15.3 Å². The number of sulfonamides is 1. The van der Waals surface area contributed by atoms with Crippen LogP contribution in [0.4, 0.5) is 28.4 Å². The average molecular weight is 906 g/mol. The summed E-state index contributed by atoms with van der Waals surface area (Å²) in [4.78, 5) is 21.5. The molecule has 0 spiro atoms. The van der Waals surface area contributed by atoms with Crippen molar-refractivity contribution >= 4 is 70.1 Å². The average Bonchev–Trinajstić information content (AvgIpc) is 3.45. The van der Waals surface area contributed by atoms with E-state index in [1.54, 1.807) is 61.5 Å². The molecule has 0 aliphatic carbocycles. The van der Waals surface area contributed by atoms with Crippen molar-refractivity contribution in [2.24, 2.45) is 20.5 Å². The molecule has 0 fully saturated rings. The topological polar surface area (TPSA) is 315 Å². The second-order valence-corrected chi connectivity index (χ2v) is 14.7. The maximum Gasteiger partial charge on any atom is 3.00 e. The number of nitro benzene ring substituents is 1. The number of azo groups is 2. The van der Waals surface area contributed by atoms with Gasteiger partial charge in [0.1, 0.15) is 10.1 Å². The van der Waals surface area contributed by atoms with Gasteiger partial charge >= 0.3 is 76.5 Å². The summed E-state index contributed by atoms with van der Waals surface area (Å²) < 4.78 is 58.6. The Labute approximate surface area is 395 Å². The number of nitrogens with zero attached hydrogens (tertiary/aromatic N) is 6. The van der Waals surface area contributed by atoms with E-state index in [2.05, 4.69) is 25.6 Å². The number of aromatic nitrogens is 2. The van der Waals surface area contributed by atoms with Crippen molar-refractivity contribution in [3.05, 3.63) is 140 Å². The molecular weight excluding hydrogens is 883 g/mol. The van der Waals surface area contributed by atoms with Crippen LogP contribution in [0.1, 0.15) is 5.69 Å². The summed E-state index contributed by atoms with van der Waals surface area (Å²) >= 11 is 0. The summed E-state index contributed by atoms with van der Waals surface area (Å²) in [6.45, 7) is 1.62. The van der Waals surface area contributed by atoms with Gasteiger partial charge in [0, 0.05) is 28.3 Å². The SMILES string of the molecule is Cc1[nH]n(-c2ccccc2)c(=O)c1N=Nc1cc(S([NH-])(=O)=O)ccc1[O-].O=[N+]([O-])c1ccc2c(N=Nc3c([O-])ccc4ccccc34)c([O-])cc(S(=O)(=O)[O-])c2c1.[Cr+3].[Na+].[Na+]. The molecule has 0 saturated heterocycles. The first-order valence-corrected chi connectivity index (χ1v) is 18.9. The molecule has 0 aliphatic rings. The molecule has 0 unspecified atom stereocenters. The number of rotatable bonds is 8. The van der Waals surface area contributed by atoms with Crippen LogP contribution in [0.5, 0.6) is 17.2 Å². The van der Waals surface area contributed by atoms with E-state index in [0.717, 1.165) is 36.4 Å². The molecule has 1 aromatic heterocycles. The van der Waals surface area contributed by atoms with E-state index in [1.165, 1.54) is 10.7 Å². The first-order valence-electron chi connectivity index (χ1n) is 16.0. The zero-order valence-corrected chi connectivity index (χ0v) is 38.2. The van der Waals surface area contributed by atoms with Gasteiger partial charge in [0.25, 0.3) is 11.2 Å². The Kier molecular flexibility index (Phi) is 16.7. The summed E-state index contributed by atoms with van der Waals surface area (Å²) in [5.41, 5.74) is -0.577. The molecule has 0 bridgehead atoms. The molecule has 19 nitrogen and oxygen atoms in total. The third-order valence-corrected chi connectivity index (χ3v) is 9.92. The van der Waals surface area contributed by atoms with Crippen LogP contribution < -0.4 is 80.0 Å². The molecule has 0 aliphatic heterocycles. The van der Waals surface area contributed by atoms with Crippen LogP contribution in [0.3, 0.4) is 0 Å². The van der Waals surface area contributed by atoms with Crippen LogP contribution in [0.2, 0.25) is 0 Å². The number of para-hydroxylation sites is 1. The predicted molar refractivity (Wildman–Crippen MR) is 198 cm³/mol. The normalized spacial score (nSPS) is 11.4. The van der Waals surface area contributed by atoms with Gasteiger partial charge in [0.05, 0.1) is 53.2 Å².